The minimum absolute atomic E-state index is 0.103. The van der Waals surface area contributed by atoms with E-state index in [2.05, 4.69) is 15.3 Å². The monoisotopic (exact) mass is 421 g/mol. The van der Waals surface area contributed by atoms with Gasteiger partial charge >= 0.3 is 0 Å². The lowest BCUT2D eigenvalue weighted by Gasteiger charge is -2.16. The molecule has 1 atom stereocenters. The maximum atomic E-state index is 12.5. The molecule has 2 heterocycles. The number of carbonyl (C=O) groups is 1. The number of para-hydroxylation sites is 1. The van der Waals surface area contributed by atoms with Gasteiger partial charge in [0.25, 0.3) is 5.56 Å². The highest BCUT2D eigenvalue weighted by Gasteiger charge is 2.17. The van der Waals surface area contributed by atoms with Gasteiger partial charge in [-0.25, -0.2) is 4.98 Å². The van der Waals surface area contributed by atoms with E-state index in [1.807, 2.05) is 43.3 Å². The van der Waals surface area contributed by atoms with E-state index in [4.69, 9.17) is 9.47 Å². The van der Waals surface area contributed by atoms with E-state index >= 15 is 0 Å². The zero-order valence-corrected chi connectivity index (χ0v) is 17.6. The van der Waals surface area contributed by atoms with Crippen LogP contribution in [0.5, 0.6) is 5.75 Å². The lowest BCUT2D eigenvalue weighted by Crippen LogP contribution is -2.18. The average Bonchev–Trinajstić information content (AvgIpc) is 3.28. The van der Waals surface area contributed by atoms with Crippen molar-refractivity contribution in [1.29, 1.82) is 0 Å². The third kappa shape index (κ3) is 5.49. The topological polar surface area (TPSA) is 93.3 Å². The van der Waals surface area contributed by atoms with Crippen molar-refractivity contribution in [3.63, 3.8) is 0 Å². The number of rotatable bonds is 8. The Bertz CT molecular complexity index is 1120. The molecule has 4 rings (SSSR count). The third-order valence-electron chi connectivity index (χ3n) is 5.34. The summed E-state index contributed by atoms with van der Waals surface area (Å²) in [5.74, 6) is 1.14. The maximum absolute atomic E-state index is 12.5. The summed E-state index contributed by atoms with van der Waals surface area (Å²) in [5.41, 5.74) is 2.23. The standard InChI is InChI=1S/C24H27N3O4/c1-16-11-12-20(21(14-16)31-15-17-6-5-13-30-17)26-23(28)10-4-9-22-25-19-8-3-2-7-18(19)24(29)27-22/h2-3,7-8,11-12,14,17H,4-6,9-10,13,15H2,1H3,(H,26,28)(H,25,27,29). The van der Waals surface area contributed by atoms with Crippen molar-refractivity contribution < 1.29 is 14.3 Å². The molecular weight excluding hydrogens is 394 g/mol. The second-order valence-corrected chi connectivity index (χ2v) is 7.88. The Hall–Kier alpha value is -3.19. The van der Waals surface area contributed by atoms with Gasteiger partial charge in [0, 0.05) is 19.4 Å². The van der Waals surface area contributed by atoms with Crippen LogP contribution in [-0.4, -0.2) is 35.2 Å². The van der Waals surface area contributed by atoms with Gasteiger partial charge in [-0.3, -0.25) is 9.59 Å². The molecule has 1 amide bonds. The summed E-state index contributed by atoms with van der Waals surface area (Å²) in [6, 6.07) is 13.0. The normalized spacial score (nSPS) is 15.8. The van der Waals surface area contributed by atoms with Crippen LogP contribution in [-0.2, 0) is 16.0 Å². The first kappa shape index (κ1) is 21.1. The number of aromatic nitrogens is 2. The number of H-pyrrole nitrogens is 1. The van der Waals surface area contributed by atoms with Gasteiger partial charge in [-0.2, -0.15) is 0 Å². The number of carbonyl (C=O) groups excluding carboxylic acids is 1. The number of aromatic amines is 1. The second kappa shape index (κ2) is 9.75. The highest BCUT2D eigenvalue weighted by Crippen LogP contribution is 2.27. The number of hydrogen-bond acceptors (Lipinski definition) is 5. The maximum Gasteiger partial charge on any atom is 0.258 e. The fourth-order valence-corrected chi connectivity index (χ4v) is 3.69. The van der Waals surface area contributed by atoms with Crippen molar-refractivity contribution in [3.8, 4) is 5.75 Å². The van der Waals surface area contributed by atoms with Crippen LogP contribution in [0.2, 0.25) is 0 Å². The number of amides is 1. The molecule has 0 spiro atoms. The molecule has 7 heteroatoms. The van der Waals surface area contributed by atoms with Gasteiger partial charge in [-0.05, 0) is 56.0 Å². The van der Waals surface area contributed by atoms with Crippen LogP contribution in [0.15, 0.2) is 47.3 Å². The number of nitrogens with one attached hydrogen (secondary N) is 2. The van der Waals surface area contributed by atoms with E-state index in [0.29, 0.717) is 54.0 Å². The van der Waals surface area contributed by atoms with Crippen LogP contribution in [0.4, 0.5) is 5.69 Å². The first-order valence-electron chi connectivity index (χ1n) is 10.7. The lowest BCUT2D eigenvalue weighted by molar-refractivity contribution is -0.116. The molecule has 1 saturated heterocycles. The molecule has 1 aliphatic rings. The average molecular weight is 421 g/mol. The Morgan fingerprint density at radius 1 is 1.29 bits per heavy atom. The van der Waals surface area contributed by atoms with Crippen LogP contribution in [0.3, 0.4) is 0 Å². The van der Waals surface area contributed by atoms with Gasteiger partial charge in [0.15, 0.2) is 0 Å². The molecule has 7 nitrogen and oxygen atoms in total. The van der Waals surface area contributed by atoms with Crippen molar-refractivity contribution in [2.75, 3.05) is 18.5 Å². The number of anilines is 1. The number of nitrogens with zero attached hydrogens (tertiary/aromatic N) is 1. The van der Waals surface area contributed by atoms with E-state index in [0.717, 1.165) is 25.0 Å². The van der Waals surface area contributed by atoms with Crippen molar-refractivity contribution in [2.45, 2.75) is 45.1 Å². The zero-order chi connectivity index (χ0) is 21.6. The molecule has 1 fully saturated rings. The zero-order valence-electron chi connectivity index (χ0n) is 17.6. The molecule has 2 N–H and O–H groups in total. The molecule has 1 aliphatic heterocycles. The molecule has 0 saturated carbocycles. The molecule has 0 bridgehead atoms. The Balaban J connectivity index is 1.33. The summed E-state index contributed by atoms with van der Waals surface area (Å²) in [5, 5.41) is 3.51. The lowest BCUT2D eigenvalue weighted by atomic mass is 10.1. The minimum atomic E-state index is -0.155. The van der Waals surface area contributed by atoms with Crippen LogP contribution < -0.4 is 15.6 Å². The highest BCUT2D eigenvalue weighted by atomic mass is 16.5. The van der Waals surface area contributed by atoms with Gasteiger partial charge in [0.05, 0.1) is 22.7 Å². The van der Waals surface area contributed by atoms with Crippen LogP contribution in [0.1, 0.15) is 37.1 Å². The van der Waals surface area contributed by atoms with E-state index in [1.165, 1.54) is 0 Å². The van der Waals surface area contributed by atoms with Crippen LogP contribution >= 0.6 is 0 Å². The number of fused-ring (bicyclic) bond motifs is 1. The number of ether oxygens (including phenoxy) is 2. The fourth-order valence-electron chi connectivity index (χ4n) is 3.69. The van der Waals surface area contributed by atoms with Gasteiger partial charge in [-0.1, -0.05) is 18.2 Å². The quantitative estimate of drug-likeness (QED) is 0.578. The van der Waals surface area contributed by atoms with E-state index in [9.17, 15) is 9.59 Å². The minimum Gasteiger partial charge on any atom is -0.489 e. The summed E-state index contributed by atoms with van der Waals surface area (Å²) in [7, 11) is 0. The molecule has 162 valence electrons. The van der Waals surface area contributed by atoms with E-state index in [-0.39, 0.29) is 17.6 Å². The molecule has 0 aliphatic carbocycles. The fraction of sp³-hybridized carbons (Fsp3) is 0.375. The number of aryl methyl sites for hydroxylation is 2. The largest absolute Gasteiger partial charge is 0.489 e. The summed E-state index contributed by atoms with van der Waals surface area (Å²) >= 11 is 0. The Morgan fingerprint density at radius 2 is 2.16 bits per heavy atom. The molecule has 3 aromatic rings. The van der Waals surface area contributed by atoms with Crippen molar-refractivity contribution in [3.05, 3.63) is 64.2 Å². The summed E-state index contributed by atoms with van der Waals surface area (Å²) in [6.45, 7) is 3.25. The van der Waals surface area contributed by atoms with E-state index < -0.39 is 0 Å². The summed E-state index contributed by atoms with van der Waals surface area (Å²) in [6.07, 6.45) is 3.58. The first-order chi connectivity index (χ1) is 15.1. The summed E-state index contributed by atoms with van der Waals surface area (Å²) < 4.78 is 11.6. The Morgan fingerprint density at radius 3 is 3.00 bits per heavy atom. The molecular formula is C24H27N3O4. The Labute approximate surface area is 180 Å². The molecule has 0 radical (unpaired) electrons. The van der Waals surface area contributed by atoms with Gasteiger partial charge in [0.1, 0.15) is 18.2 Å². The SMILES string of the molecule is Cc1ccc(NC(=O)CCCc2nc3ccccc3c(=O)[nH]2)c(OCC2CCCO2)c1. The third-order valence-corrected chi connectivity index (χ3v) is 5.34. The molecule has 31 heavy (non-hydrogen) atoms. The second-order valence-electron chi connectivity index (χ2n) is 7.88. The van der Waals surface area contributed by atoms with Gasteiger partial charge in [0.2, 0.25) is 5.91 Å². The van der Waals surface area contributed by atoms with Crippen molar-refractivity contribution in [2.24, 2.45) is 0 Å². The summed E-state index contributed by atoms with van der Waals surface area (Å²) in [4.78, 5) is 31.9. The predicted octanol–water partition coefficient (Wildman–Crippen LogP) is 3.75. The highest BCUT2D eigenvalue weighted by molar-refractivity contribution is 5.92. The van der Waals surface area contributed by atoms with Gasteiger partial charge < -0.3 is 19.8 Å². The number of hydrogen-bond donors (Lipinski definition) is 2. The Kier molecular flexibility index (Phi) is 6.62. The molecule has 1 aromatic heterocycles. The molecule has 1 unspecified atom stereocenters. The smallest absolute Gasteiger partial charge is 0.258 e. The number of benzene rings is 2. The predicted molar refractivity (Wildman–Crippen MR) is 120 cm³/mol. The van der Waals surface area contributed by atoms with Crippen LogP contribution in [0.25, 0.3) is 10.9 Å². The first-order valence-corrected chi connectivity index (χ1v) is 10.7. The van der Waals surface area contributed by atoms with Gasteiger partial charge in [-0.15, -0.1) is 0 Å². The van der Waals surface area contributed by atoms with E-state index in [1.54, 1.807) is 6.07 Å². The molecule has 2 aromatic carbocycles. The van der Waals surface area contributed by atoms with Crippen molar-refractivity contribution in [1.82, 2.24) is 9.97 Å². The van der Waals surface area contributed by atoms with Crippen molar-refractivity contribution >= 4 is 22.5 Å². The van der Waals surface area contributed by atoms with Crippen LogP contribution in [0, 0.1) is 6.92 Å².